The van der Waals surface area contributed by atoms with E-state index in [0.29, 0.717) is 16.5 Å². The van der Waals surface area contributed by atoms with E-state index in [9.17, 15) is 19.7 Å². The fourth-order valence-corrected chi connectivity index (χ4v) is 2.01. The predicted molar refractivity (Wildman–Crippen MR) is 65.1 cm³/mol. The molecular weight excluding hydrogens is 260 g/mol. The average molecular weight is 267 g/mol. The maximum atomic E-state index is 11.4. The Bertz CT molecular complexity index is 690. The highest BCUT2D eigenvalue weighted by atomic mass is 35.5. The number of nitro benzene ring substituents is 1. The second-order valence-corrected chi connectivity index (χ2v) is 4.08. The highest BCUT2D eigenvalue weighted by molar-refractivity contribution is 6.38. The number of Topliss-reactive ketones (excluding diaryl/α,β-unsaturated/α-hetero) is 1. The van der Waals surface area contributed by atoms with E-state index in [0.717, 1.165) is 0 Å². The van der Waals surface area contributed by atoms with E-state index in [2.05, 4.69) is 4.98 Å². The largest absolute Gasteiger partial charge is 0.360 e. The summed E-state index contributed by atoms with van der Waals surface area (Å²) in [6.45, 7) is 1.60. The van der Waals surface area contributed by atoms with Gasteiger partial charge in [-0.15, -0.1) is 0 Å². The molecule has 0 saturated heterocycles. The van der Waals surface area contributed by atoms with Gasteiger partial charge in [0.05, 0.1) is 16.0 Å². The molecule has 1 heterocycles. The second-order valence-electron chi connectivity index (χ2n) is 3.70. The lowest BCUT2D eigenvalue weighted by atomic mass is 10.1. The summed E-state index contributed by atoms with van der Waals surface area (Å²) in [5.74, 6) is -0.739. The van der Waals surface area contributed by atoms with Crippen molar-refractivity contribution in [2.24, 2.45) is 0 Å². The van der Waals surface area contributed by atoms with Gasteiger partial charge in [-0.1, -0.05) is 11.6 Å². The number of carbonyl (C=O) groups excluding carboxylic acids is 2. The van der Waals surface area contributed by atoms with Gasteiger partial charge in [0.15, 0.2) is 6.29 Å². The number of halogens is 1. The number of hydrogen-bond acceptors (Lipinski definition) is 4. The molecule has 0 aliphatic heterocycles. The summed E-state index contributed by atoms with van der Waals surface area (Å²) in [7, 11) is 0. The zero-order valence-electron chi connectivity index (χ0n) is 9.19. The molecule has 2 rings (SSSR count). The van der Waals surface area contributed by atoms with E-state index in [1.807, 2.05) is 0 Å². The first kappa shape index (κ1) is 12.3. The van der Waals surface area contributed by atoms with Crippen molar-refractivity contribution < 1.29 is 14.5 Å². The zero-order chi connectivity index (χ0) is 13.4. The lowest BCUT2D eigenvalue weighted by molar-refractivity contribution is -0.384. The third-order valence-corrected chi connectivity index (χ3v) is 3.18. The fourth-order valence-electron chi connectivity index (χ4n) is 1.80. The van der Waals surface area contributed by atoms with Crippen molar-refractivity contribution in [3.63, 3.8) is 0 Å². The number of rotatable bonds is 3. The van der Waals surface area contributed by atoms with Crippen LogP contribution < -0.4 is 0 Å². The normalized spacial score (nSPS) is 10.6. The number of aryl methyl sites for hydroxylation is 1. The van der Waals surface area contributed by atoms with Gasteiger partial charge in [-0.05, 0) is 12.5 Å². The fraction of sp³-hybridized carbons (Fsp3) is 0.0909. The van der Waals surface area contributed by atoms with Crippen LogP contribution >= 0.6 is 11.6 Å². The standard InChI is InChI=1S/C11H7ClN2O4/c1-5-10(12)8(14(17)18)2-6-7(9(16)4-15)3-13-11(5)6/h2-4,13H,1H3. The van der Waals surface area contributed by atoms with Crippen LogP contribution in [-0.2, 0) is 4.79 Å². The van der Waals surface area contributed by atoms with Gasteiger partial charge in [0.25, 0.3) is 5.69 Å². The summed E-state index contributed by atoms with van der Waals surface area (Å²) in [5, 5.41) is 11.2. The van der Waals surface area contributed by atoms with Crippen LogP contribution in [-0.4, -0.2) is 22.0 Å². The van der Waals surface area contributed by atoms with Crippen LogP contribution in [0.25, 0.3) is 10.9 Å². The molecular formula is C11H7ClN2O4. The number of aromatic nitrogens is 1. The van der Waals surface area contributed by atoms with Crippen molar-refractivity contribution >= 4 is 40.3 Å². The monoisotopic (exact) mass is 266 g/mol. The summed E-state index contributed by atoms with van der Waals surface area (Å²) in [5.41, 5.74) is 0.783. The Hall–Kier alpha value is -2.21. The number of benzene rings is 1. The molecule has 0 aliphatic carbocycles. The molecule has 1 aromatic heterocycles. The van der Waals surface area contributed by atoms with E-state index in [1.54, 1.807) is 6.92 Å². The SMILES string of the molecule is Cc1c(Cl)c([N+](=O)[O-])cc2c(C(=O)C=O)c[nH]c12. The molecule has 0 saturated carbocycles. The quantitative estimate of drug-likeness (QED) is 0.303. The molecule has 7 heteroatoms. The van der Waals surface area contributed by atoms with Gasteiger partial charge in [-0.2, -0.15) is 0 Å². The first-order chi connectivity index (χ1) is 8.47. The van der Waals surface area contributed by atoms with Crippen LogP contribution in [0.4, 0.5) is 5.69 Å². The lowest BCUT2D eigenvalue weighted by Crippen LogP contribution is -1.99. The van der Waals surface area contributed by atoms with Crippen molar-refractivity contribution in [3.05, 3.63) is 38.5 Å². The minimum Gasteiger partial charge on any atom is -0.360 e. The summed E-state index contributed by atoms with van der Waals surface area (Å²) in [6.07, 6.45) is 1.51. The number of carbonyl (C=O) groups is 2. The van der Waals surface area contributed by atoms with Gasteiger partial charge in [-0.25, -0.2) is 0 Å². The number of fused-ring (bicyclic) bond motifs is 1. The van der Waals surface area contributed by atoms with Gasteiger partial charge in [0, 0.05) is 17.6 Å². The molecule has 1 N–H and O–H groups in total. The zero-order valence-corrected chi connectivity index (χ0v) is 9.95. The molecule has 1 aromatic carbocycles. The minimum atomic E-state index is -0.739. The van der Waals surface area contributed by atoms with E-state index >= 15 is 0 Å². The maximum Gasteiger partial charge on any atom is 0.288 e. The molecule has 0 bridgehead atoms. The number of aromatic amines is 1. The predicted octanol–water partition coefficient (Wildman–Crippen LogP) is 2.42. The number of hydrogen-bond donors (Lipinski definition) is 1. The first-order valence-electron chi connectivity index (χ1n) is 4.91. The Morgan fingerprint density at radius 1 is 1.56 bits per heavy atom. The Morgan fingerprint density at radius 3 is 2.78 bits per heavy atom. The van der Waals surface area contributed by atoms with E-state index in [4.69, 9.17) is 11.6 Å². The summed E-state index contributed by atoms with van der Waals surface area (Å²) in [6, 6.07) is 1.19. The third-order valence-electron chi connectivity index (χ3n) is 2.70. The lowest BCUT2D eigenvalue weighted by Gasteiger charge is -2.02. The molecule has 18 heavy (non-hydrogen) atoms. The first-order valence-corrected chi connectivity index (χ1v) is 5.29. The number of nitro groups is 1. The van der Waals surface area contributed by atoms with Crippen LogP contribution in [0, 0.1) is 17.0 Å². The molecule has 0 aliphatic rings. The Morgan fingerprint density at radius 2 is 2.22 bits per heavy atom. The van der Waals surface area contributed by atoms with Gasteiger partial charge >= 0.3 is 0 Å². The highest BCUT2D eigenvalue weighted by Gasteiger charge is 2.21. The molecule has 0 atom stereocenters. The summed E-state index contributed by atoms with van der Waals surface area (Å²) < 4.78 is 0. The third kappa shape index (κ3) is 1.67. The Labute approximate surface area is 106 Å². The highest BCUT2D eigenvalue weighted by Crippen LogP contribution is 2.35. The van der Waals surface area contributed by atoms with Crippen molar-refractivity contribution in [2.45, 2.75) is 6.92 Å². The molecule has 2 aromatic rings. The number of nitrogens with zero attached hydrogens (tertiary/aromatic N) is 1. The van der Waals surface area contributed by atoms with Gasteiger partial charge in [-0.3, -0.25) is 19.7 Å². The number of ketones is 1. The van der Waals surface area contributed by atoms with Crippen LogP contribution in [0.2, 0.25) is 5.02 Å². The van der Waals surface area contributed by atoms with Crippen LogP contribution in [0.3, 0.4) is 0 Å². The van der Waals surface area contributed by atoms with Crippen molar-refractivity contribution in [1.82, 2.24) is 4.98 Å². The van der Waals surface area contributed by atoms with Gasteiger partial charge < -0.3 is 4.98 Å². The van der Waals surface area contributed by atoms with E-state index in [-0.39, 0.29) is 22.6 Å². The van der Waals surface area contributed by atoms with Crippen molar-refractivity contribution in [1.29, 1.82) is 0 Å². The van der Waals surface area contributed by atoms with Crippen LogP contribution in [0.1, 0.15) is 15.9 Å². The summed E-state index contributed by atoms with van der Waals surface area (Å²) >= 11 is 5.87. The molecule has 0 radical (unpaired) electrons. The Kier molecular flexibility index (Phi) is 2.88. The molecule has 0 spiro atoms. The average Bonchev–Trinajstić information content (AvgIpc) is 2.76. The molecule has 0 unspecified atom stereocenters. The van der Waals surface area contributed by atoms with Crippen LogP contribution in [0.5, 0.6) is 0 Å². The topological polar surface area (TPSA) is 93.1 Å². The molecule has 0 amide bonds. The number of H-pyrrole nitrogens is 1. The van der Waals surface area contributed by atoms with Crippen LogP contribution in [0.15, 0.2) is 12.3 Å². The maximum absolute atomic E-state index is 11.4. The van der Waals surface area contributed by atoms with E-state index in [1.165, 1.54) is 12.3 Å². The molecule has 92 valence electrons. The molecule has 6 nitrogen and oxygen atoms in total. The Balaban J connectivity index is 2.86. The van der Waals surface area contributed by atoms with Gasteiger partial charge in [0.2, 0.25) is 5.78 Å². The minimum absolute atomic E-state index is 0.0134. The second kappa shape index (κ2) is 4.23. The van der Waals surface area contributed by atoms with Crippen molar-refractivity contribution in [2.75, 3.05) is 0 Å². The van der Waals surface area contributed by atoms with Crippen molar-refractivity contribution in [3.8, 4) is 0 Å². The number of aldehydes is 1. The summed E-state index contributed by atoms with van der Waals surface area (Å²) in [4.78, 5) is 34.9. The van der Waals surface area contributed by atoms with Gasteiger partial charge in [0.1, 0.15) is 5.02 Å². The smallest absolute Gasteiger partial charge is 0.288 e. The van der Waals surface area contributed by atoms with E-state index < -0.39 is 10.7 Å². The number of nitrogens with one attached hydrogen (secondary N) is 1. The molecule has 0 fully saturated rings.